The molecule has 3 heterocycles. The summed E-state index contributed by atoms with van der Waals surface area (Å²) in [5, 5.41) is 9.20. The van der Waals surface area contributed by atoms with Crippen LogP contribution in [0.2, 0.25) is 0 Å². The van der Waals surface area contributed by atoms with Crippen LogP contribution in [0.5, 0.6) is 5.75 Å². The largest absolute Gasteiger partial charge is 0.490 e. The van der Waals surface area contributed by atoms with Crippen molar-refractivity contribution in [1.29, 1.82) is 0 Å². The average molecular weight is 354 g/mol. The summed E-state index contributed by atoms with van der Waals surface area (Å²) >= 11 is 0. The molecule has 1 aromatic heterocycles. The van der Waals surface area contributed by atoms with Gasteiger partial charge < -0.3 is 20.3 Å². The third-order valence-corrected chi connectivity index (χ3v) is 5.33. The van der Waals surface area contributed by atoms with Gasteiger partial charge in [0.25, 0.3) is 6.02 Å². The molecule has 3 N–H and O–H groups in total. The summed E-state index contributed by atoms with van der Waals surface area (Å²) in [6.07, 6.45) is 6.44. The first-order valence-corrected chi connectivity index (χ1v) is 8.79. The summed E-state index contributed by atoms with van der Waals surface area (Å²) in [6.45, 7) is 2.64. The molecule has 7 nitrogen and oxygen atoms in total. The highest BCUT2D eigenvalue weighted by molar-refractivity contribution is 5.75. The van der Waals surface area contributed by atoms with Gasteiger partial charge in [-0.15, -0.1) is 0 Å². The van der Waals surface area contributed by atoms with Crippen molar-refractivity contribution in [2.24, 2.45) is 16.6 Å². The number of rotatable bonds is 4. The van der Waals surface area contributed by atoms with E-state index in [4.69, 9.17) is 20.2 Å². The van der Waals surface area contributed by atoms with E-state index in [2.05, 4.69) is 23.0 Å². The van der Waals surface area contributed by atoms with Crippen LogP contribution in [0, 0.1) is 5.92 Å². The number of aliphatic hydroxyl groups excluding tert-OH is 1. The molecule has 136 valence electrons. The van der Waals surface area contributed by atoms with Crippen molar-refractivity contribution in [2.75, 3.05) is 13.2 Å². The first-order chi connectivity index (χ1) is 12.6. The van der Waals surface area contributed by atoms with E-state index in [0.29, 0.717) is 13.0 Å². The number of nitrogens with zero attached hydrogens (tertiary/aromatic N) is 3. The van der Waals surface area contributed by atoms with E-state index in [9.17, 15) is 5.11 Å². The third kappa shape index (κ3) is 2.68. The van der Waals surface area contributed by atoms with Crippen molar-refractivity contribution in [3.05, 3.63) is 42.5 Å². The van der Waals surface area contributed by atoms with E-state index >= 15 is 0 Å². The molecule has 26 heavy (non-hydrogen) atoms. The number of aliphatic hydroxyl groups is 1. The van der Waals surface area contributed by atoms with Crippen LogP contribution in [0.25, 0.3) is 11.1 Å². The van der Waals surface area contributed by atoms with Gasteiger partial charge in [-0.3, -0.25) is 0 Å². The molecule has 7 heteroatoms. The lowest BCUT2D eigenvalue weighted by Crippen LogP contribution is -2.46. The highest BCUT2D eigenvalue weighted by atomic mass is 16.5. The Morgan fingerprint density at radius 1 is 1.27 bits per heavy atom. The summed E-state index contributed by atoms with van der Waals surface area (Å²) in [6, 6.07) is 6.23. The number of nitrogens with two attached hydrogens (primary N) is 1. The van der Waals surface area contributed by atoms with Crippen LogP contribution in [0.15, 0.2) is 41.9 Å². The van der Waals surface area contributed by atoms with Crippen LogP contribution in [-0.2, 0) is 10.3 Å². The predicted octanol–water partition coefficient (Wildman–Crippen LogP) is 1.85. The quantitative estimate of drug-likeness (QED) is 0.869. The Hall–Kier alpha value is -2.67. The Morgan fingerprint density at radius 2 is 2.08 bits per heavy atom. The van der Waals surface area contributed by atoms with Gasteiger partial charge in [-0.1, -0.05) is 13.0 Å². The molecule has 3 atom stereocenters. The highest BCUT2D eigenvalue weighted by Crippen LogP contribution is 2.49. The van der Waals surface area contributed by atoms with Crippen molar-refractivity contribution >= 4 is 6.02 Å². The molecule has 1 aromatic carbocycles. The molecule has 0 bridgehead atoms. The third-order valence-electron chi connectivity index (χ3n) is 5.33. The Bertz CT molecular complexity index is 827. The number of aliphatic imine (C=N–C) groups is 1. The van der Waals surface area contributed by atoms with Crippen molar-refractivity contribution in [1.82, 2.24) is 9.97 Å². The molecule has 0 saturated heterocycles. The lowest BCUT2D eigenvalue weighted by atomic mass is 9.73. The maximum Gasteiger partial charge on any atom is 0.283 e. The Balaban J connectivity index is 1.81. The summed E-state index contributed by atoms with van der Waals surface area (Å²) in [7, 11) is 0. The summed E-state index contributed by atoms with van der Waals surface area (Å²) in [5.41, 5.74) is 8.19. The monoisotopic (exact) mass is 354 g/mol. The summed E-state index contributed by atoms with van der Waals surface area (Å²) < 4.78 is 11.8. The molecular weight excluding hydrogens is 332 g/mol. The van der Waals surface area contributed by atoms with Gasteiger partial charge in [-0.2, -0.15) is 0 Å². The van der Waals surface area contributed by atoms with Gasteiger partial charge in [0.15, 0.2) is 0 Å². The normalized spacial score (nSPS) is 26.8. The predicted molar refractivity (Wildman–Crippen MR) is 96.6 cm³/mol. The first-order valence-electron chi connectivity index (χ1n) is 8.79. The lowest BCUT2D eigenvalue weighted by Gasteiger charge is -2.42. The zero-order valence-electron chi connectivity index (χ0n) is 14.6. The number of hydrogen-bond donors (Lipinski definition) is 2. The van der Waals surface area contributed by atoms with Crippen molar-refractivity contribution < 1.29 is 14.6 Å². The van der Waals surface area contributed by atoms with Crippen LogP contribution < -0.4 is 10.5 Å². The Labute approximate surface area is 151 Å². The Morgan fingerprint density at radius 3 is 2.77 bits per heavy atom. The molecule has 1 spiro atoms. The maximum atomic E-state index is 9.20. The van der Waals surface area contributed by atoms with Gasteiger partial charge in [0.1, 0.15) is 30.3 Å². The van der Waals surface area contributed by atoms with Crippen LogP contribution >= 0.6 is 0 Å². The molecule has 0 saturated carbocycles. The molecular formula is C19H22N4O3. The zero-order chi connectivity index (χ0) is 18.1. The minimum absolute atomic E-state index is 0.0567. The maximum absolute atomic E-state index is 9.20. The topological polar surface area (TPSA) is 103 Å². The second-order valence-electron chi connectivity index (χ2n) is 6.81. The van der Waals surface area contributed by atoms with E-state index in [1.807, 2.05) is 12.1 Å². The number of hydrogen-bond acceptors (Lipinski definition) is 7. The van der Waals surface area contributed by atoms with Gasteiger partial charge >= 0.3 is 0 Å². The molecule has 2 aliphatic rings. The second kappa shape index (κ2) is 6.57. The zero-order valence-corrected chi connectivity index (χ0v) is 14.6. The lowest BCUT2D eigenvalue weighted by molar-refractivity contribution is 0.0367. The van der Waals surface area contributed by atoms with Gasteiger partial charge in [0.2, 0.25) is 0 Å². The van der Waals surface area contributed by atoms with E-state index in [0.717, 1.165) is 28.9 Å². The van der Waals surface area contributed by atoms with Crippen LogP contribution in [0.3, 0.4) is 0 Å². The fraction of sp³-hybridized carbons (Fsp3) is 0.421. The van der Waals surface area contributed by atoms with Crippen LogP contribution in [-0.4, -0.2) is 40.4 Å². The van der Waals surface area contributed by atoms with Gasteiger partial charge in [0.05, 0.1) is 0 Å². The van der Waals surface area contributed by atoms with E-state index in [1.54, 1.807) is 12.4 Å². The minimum atomic E-state index is -0.580. The molecule has 0 amide bonds. The molecule has 4 rings (SSSR count). The van der Waals surface area contributed by atoms with Gasteiger partial charge in [-0.05, 0) is 30.5 Å². The van der Waals surface area contributed by atoms with Gasteiger partial charge in [-0.25, -0.2) is 15.0 Å². The number of aromatic nitrogens is 2. The molecule has 0 radical (unpaired) electrons. The van der Waals surface area contributed by atoms with Crippen molar-refractivity contribution in [3.63, 3.8) is 0 Å². The second-order valence-corrected chi connectivity index (χ2v) is 6.81. The molecule has 2 aromatic rings. The smallest absolute Gasteiger partial charge is 0.283 e. The molecule has 3 unspecified atom stereocenters. The first kappa shape index (κ1) is 16.8. The standard InChI is InChI=1S/C19H22N4O3/c1-12-16(3-2-6-24)26-17-5-4-13(14-8-21-11-22-9-14)7-15(17)19(12)10-25-18(20)23-19/h4-5,7-9,11-12,16,24H,2-3,6,10H2,1H3,(H2,20,23). The fourth-order valence-electron chi connectivity index (χ4n) is 3.83. The Kier molecular flexibility index (Phi) is 4.24. The molecule has 2 aliphatic heterocycles. The van der Waals surface area contributed by atoms with E-state index < -0.39 is 5.54 Å². The number of ether oxygens (including phenoxy) is 2. The number of fused-ring (bicyclic) bond motifs is 2. The van der Waals surface area contributed by atoms with Crippen LogP contribution in [0.4, 0.5) is 0 Å². The van der Waals surface area contributed by atoms with E-state index in [-0.39, 0.29) is 24.7 Å². The fourth-order valence-corrected chi connectivity index (χ4v) is 3.83. The van der Waals surface area contributed by atoms with Crippen molar-refractivity contribution in [3.8, 4) is 16.9 Å². The minimum Gasteiger partial charge on any atom is -0.490 e. The summed E-state index contributed by atoms with van der Waals surface area (Å²) in [4.78, 5) is 12.9. The molecule has 0 aliphatic carbocycles. The SMILES string of the molecule is CC1C(CCCO)Oc2ccc(-c3cncnc3)cc2C12COC(N)=N2. The highest BCUT2D eigenvalue weighted by Gasteiger charge is 2.51. The number of benzene rings is 1. The molecule has 0 fully saturated rings. The van der Waals surface area contributed by atoms with E-state index in [1.165, 1.54) is 6.33 Å². The van der Waals surface area contributed by atoms with Crippen molar-refractivity contribution in [2.45, 2.75) is 31.4 Å². The summed E-state index contributed by atoms with van der Waals surface area (Å²) in [5.74, 6) is 0.846. The number of amidine groups is 1. The van der Waals surface area contributed by atoms with Crippen LogP contribution in [0.1, 0.15) is 25.3 Å². The average Bonchev–Trinajstić information content (AvgIpc) is 3.07. The van der Waals surface area contributed by atoms with Gasteiger partial charge in [0, 0.05) is 36.0 Å².